The average Bonchev–Trinajstić information content (AvgIpc) is 2.46. The van der Waals surface area contributed by atoms with Crippen LogP contribution in [0.4, 0.5) is 11.4 Å². The summed E-state index contributed by atoms with van der Waals surface area (Å²) in [5.41, 5.74) is 4.62. The summed E-state index contributed by atoms with van der Waals surface area (Å²) < 4.78 is 5.26. The van der Waals surface area contributed by atoms with Gasteiger partial charge in [0.15, 0.2) is 0 Å². The molecule has 0 atom stereocenters. The lowest BCUT2D eigenvalue weighted by molar-refractivity contribution is 0.415. The topological polar surface area (TPSA) is 12.5 Å². The molecule has 0 aliphatic carbocycles. The van der Waals surface area contributed by atoms with E-state index in [1.165, 1.54) is 11.3 Å². The third-order valence-corrected chi connectivity index (χ3v) is 3.53. The van der Waals surface area contributed by atoms with Gasteiger partial charge in [0.1, 0.15) is 5.75 Å². The Labute approximate surface area is 119 Å². The summed E-state index contributed by atoms with van der Waals surface area (Å²) in [6, 6.07) is 14.3. The fourth-order valence-corrected chi connectivity index (χ4v) is 2.30. The van der Waals surface area contributed by atoms with Gasteiger partial charge in [-0.05, 0) is 36.2 Å². The van der Waals surface area contributed by atoms with Crippen LogP contribution in [-0.2, 0) is 5.88 Å². The van der Waals surface area contributed by atoms with Crippen molar-refractivity contribution in [3.8, 4) is 5.75 Å². The van der Waals surface area contributed by atoms with Crippen molar-refractivity contribution < 1.29 is 4.74 Å². The summed E-state index contributed by atoms with van der Waals surface area (Å²) in [5, 5.41) is 0. The Bertz CT molecular complexity index is 568. The maximum absolute atomic E-state index is 5.86. The molecule has 0 aliphatic heterocycles. The van der Waals surface area contributed by atoms with Crippen molar-refractivity contribution in [3.05, 3.63) is 53.6 Å². The van der Waals surface area contributed by atoms with E-state index in [9.17, 15) is 0 Å². The van der Waals surface area contributed by atoms with Crippen LogP contribution in [0.1, 0.15) is 11.1 Å². The Morgan fingerprint density at radius 1 is 1.16 bits per heavy atom. The molecule has 0 spiro atoms. The van der Waals surface area contributed by atoms with E-state index >= 15 is 0 Å². The largest absolute Gasteiger partial charge is 0.497 e. The molecular formula is C16H18ClNO. The molecule has 0 radical (unpaired) electrons. The van der Waals surface area contributed by atoms with Crippen LogP contribution in [0.15, 0.2) is 42.5 Å². The maximum atomic E-state index is 5.86. The number of anilines is 2. The van der Waals surface area contributed by atoms with Gasteiger partial charge in [-0.2, -0.15) is 0 Å². The predicted molar refractivity (Wildman–Crippen MR) is 81.8 cm³/mol. The molecule has 0 N–H and O–H groups in total. The highest BCUT2D eigenvalue weighted by molar-refractivity contribution is 6.17. The quantitative estimate of drug-likeness (QED) is 0.761. The molecule has 0 fully saturated rings. The third-order valence-electron chi connectivity index (χ3n) is 3.22. The lowest BCUT2D eigenvalue weighted by atomic mass is 10.1. The number of aryl methyl sites for hydroxylation is 1. The van der Waals surface area contributed by atoms with Crippen molar-refractivity contribution in [2.24, 2.45) is 0 Å². The first-order valence-electron chi connectivity index (χ1n) is 6.19. The summed E-state index contributed by atoms with van der Waals surface area (Å²) in [6.45, 7) is 2.10. The minimum atomic E-state index is 0.546. The number of methoxy groups -OCH3 is 1. The zero-order chi connectivity index (χ0) is 13.8. The van der Waals surface area contributed by atoms with E-state index in [1.807, 2.05) is 18.2 Å². The van der Waals surface area contributed by atoms with Gasteiger partial charge >= 0.3 is 0 Å². The Kier molecular flexibility index (Phi) is 4.33. The molecule has 0 saturated carbocycles. The van der Waals surface area contributed by atoms with E-state index in [1.54, 1.807) is 7.11 Å². The van der Waals surface area contributed by atoms with Crippen LogP contribution >= 0.6 is 11.6 Å². The second-order valence-corrected chi connectivity index (χ2v) is 4.78. The first-order valence-corrected chi connectivity index (χ1v) is 6.72. The van der Waals surface area contributed by atoms with E-state index in [0.29, 0.717) is 5.88 Å². The van der Waals surface area contributed by atoms with Gasteiger partial charge in [0.05, 0.1) is 7.11 Å². The molecular weight excluding hydrogens is 258 g/mol. The molecule has 0 bridgehead atoms. The van der Waals surface area contributed by atoms with Gasteiger partial charge in [0, 0.05) is 30.4 Å². The summed E-state index contributed by atoms with van der Waals surface area (Å²) in [5.74, 6) is 1.41. The van der Waals surface area contributed by atoms with Gasteiger partial charge in [0.25, 0.3) is 0 Å². The molecule has 2 aromatic carbocycles. The number of halogens is 1. The average molecular weight is 276 g/mol. The monoisotopic (exact) mass is 275 g/mol. The van der Waals surface area contributed by atoms with E-state index in [4.69, 9.17) is 16.3 Å². The fraction of sp³-hybridized carbons (Fsp3) is 0.250. The maximum Gasteiger partial charge on any atom is 0.120 e. The second kappa shape index (κ2) is 5.98. The number of hydrogen-bond donors (Lipinski definition) is 0. The van der Waals surface area contributed by atoms with E-state index in [-0.39, 0.29) is 0 Å². The van der Waals surface area contributed by atoms with Gasteiger partial charge in [0.2, 0.25) is 0 Å². The van der Waals surface area contributed by atoms with Gasteiger partial charge in [-0.25, -0.2) is 0 Å². The normalized spacial score (nSPS) is 10.3. The highest BCUT2D eigenvalue weighted by Crippen LogP contribution is 2.29. The summed E-state index contributed by atoms with van der Waals surface area (Å²) in [4.78, 5) is 2.15. The number of alkyl halides is 1. The van der Waals surface area contributed by atoms with Crippen molar-refractivity contribution in [1.29, 1.82) is 0 Å². The SMILES string of the molecule is COc1cccc(N(C)c2ccc(CCl)cc2C)c1. The zero-order valence-electron chi connectivity index (χ0n) is 11.5. The van der Waals surface area contributed by atoms with Crippen molar-refractivity contribution in [2.45, 2.75) is 12.8 Å². The van der Waals surface area contributed by atoms with Gasteiger partial charge in [-0.3, -0.25) is 0 Å². The first-order chi connectivity index (χ1) is 9.15. The molecule has 0 amide bonds. The van der Waals surface area contributed by atoms with Crippen molar-refractivity contribution >= 4 is 23.0 Å². The molecule has 2 nitrogen and oxygen atoms in total. The van der Waals surface area contributed by atoms with Crippen molar-refractivity contribution in [2.75, 3.05) is 19.1 Å². The van der Waals surface area contributed by atoms with Crippen LogP contribution in [-0.4, -0.2) is 14.2 Å². The van der Waals surface area contributed by atoms with E-state index < -0.39 is 0 Å². The molecule has 100 valence electrons. The van der Waals surface area contributed by atoms with Crippen LogP contribution in [0.5, 0.6) is 5.75 Å². The molecule has 2 aromatic rings. The minimum absolute atomic E-state index is 0.546. The molecule has 0 unspecified atom stereocenters. The van der Waals surface area contributed by atoms with Crippen LogP contribution in [0.25, 0.3) is 0 Å². The second-order valence-electron chi connectivity index (χ2n) is 4.51. The van der Waals surface area contributed by atoms with Gasteiger partial charge in [-0.15, -0.1) is 11.6 Å². The van der Waals surface area contributed by atoms with Crippen molar-refractivity contribution in [1.82, 2.24) is 0 Å². The number of benzene rings is 2. The lowest BCUT2D eigenvalue weighted by Gasteiger charge is -2.22. The first kappa shape index (κ1) is 13.8. The van der Waals surface area contributed by atoms with Crippen LogP contribution in [0, 0.1) is 6.92 Å². The molecule has 2 rings (SSSR count). The Morgan fingerprint density at radius 2 is 1.95 bits per heavy atom. The lowest BCUT2D eigenvalue weighted by Crippen LogP contribution is -2.11. The highest BCUT2D eigenvalue weighted by atomic mass is 35.5. The minimum Gasteiger partial charge on any atom is -0.497 e. The van der Waals surface area contributed by atoms with Crippen LogP contribution in [0.3, 0.4) is 0 Å². The summed E-state index contributed by atoms with van der Waals surface area (Å²) >= 11 is 5.86. The number of nitrogens with zero attached hydrogens (tertiary/aromatic N) is 1. The fourth-order valence-electron chi connectivity index (χ4n) is 2.14. The summed E-state index contributed by atoms with van der Waals surface area (Å²) in [6.07, 6.45) is 0. The predicted octanol–water partition coefficient (Wildman–Crippen LogP) is 4.51. The number of hydrogen-bond acceptors (Lipinski definition) is 2. The molecule has 0 aromatic heterocycles. The molecule has 0 aliphatic rings. The third kappa shape index (κ3) is 3.02. The van der Waals surface area contributed by atoms with Crippen LogP contribution in [0.2, 0.25) is 0 Å². The highest BCUT2D eigenvalue weighted by Gasteiger charge is 2.08. The Morgan fingerprint density at radius 3 is 2.58 bits per heavy atom. The standard InChI is InChI=1S/C16H18ClNO/c1-12-9-13(11-17)7-8-16(12)18(2)14-5-4-6-15(10-14)19-3/h4-10H,11H2,1-3H3. The molecule has 19 heavy (non-hydrogen) atoms. The Hall–Kier alpha value is -1.67. The van der Waals surface area contributed by atoms with Gasteiger partial charge in [-0.1, -0.05) is 18.2 Å². The molecule has 3 heteroatoms. The van der Waals surface area contributed by atoms with E-state index in [2.05, 4.69) is 43.1 Å². The Balaban J connectivity index is 2.35. The smallest absolute Gasteiger partial charge is 0.120 e. The van der Waals surface area contributed by atoms with E-state index in [0.717, 1.165) is 17.0 Å². The van der Waals surface area contributed by atoms with Crippen molar-refractivity contribution in [3.63, 3.8) is 0 Å². The van der Waals surface area contributed by atoms with Crippen LogP contribution < -0.4 is 9.64 Å². The molecule has 0 heterocycles. The molecule has 0 saturated heterocycles. The number of rotatable bonds is 4. The number of ether oxygens (including phenoxy) is 1. The zero-order valence-corrected chi connectivity index (χ0v) is 12.2. The summed E-state index contributed by atoms with van der Waals surface area (Å²) in [7, 11) is 3.73. The van der Waals surface area contributed by atoms with Gasteiger partial charge < -0.3 is 9.64 Å².